The van der Waals surface area contributed by atoms with Crippen LogP contribution in [0.25, 0.3) is 6.08 Å². The van der Waals surface area contributed by atoms with Crippen LogP contribution in [-0.2, 0) is 16.2 Å². The molecule has 1 saturated heterocycles. The van der Waals surface area contributed by atoms with Gasteiger partial charge in [0.05, 0.1) is 25.6 Å². The van der Waals surface area contributed by atoms with Crippen molar-refractivity contribution in [1.82, 2.24) is 0 Å². The van der Waals surface area contributed by atoms with Crippen molar-refractivity contribution in [2.45, 2.75) is 6.61 Å². The molecule has 2 amide bonds. The Bertz CT molecular complexity index is 1510. The van der Waals surface area contributed by atoms with Crippen LogP contribution in [0.5, 0.6) is 17.2 Å². The second-order valence-corrected chi connectivity index (χ2v) is 9.19. The lowest BCUT2D eigenvalue weighted by molar-refractivity contribution is -0.120. The Morgan fingerprint density at radius 3 is 1.77 bits per heavy atom. The first-order valence-corrected chi connectivity index (χ1v) is 12.9. The molecule has 1 heterocycles. The van der Waals surface area contributed by atoms with Crippen molar-refractivity contribution in [2.24, 2.45) is 0 Å². The van der Waals surface area contributed by atoms with Crippen LogP contribution in [-0.4, -0.2) is 31.1 Å². The fourth-order valence-corrected chi connectivity index (χ4v) is 4.70. The topological polar surface area (TPSA) is 68.3 Å². The molecule has 4 aromatic rings. The highest BCUT2D eigenvalue weighted by Crippen LogP contribution is 2.30. The maximum Gasteiger partial charge on any atom is 0.270 e. The molecular formula is C32H26N2O5S. The van der Waals surface area contributed by atoms with E-state index in [1.54, 1.807) is 68.8 Å². The smallest absolute Gasteiger partial charge is 0.270 e. The number of anilines is 2. The molecule has 0 atom stereocenters. The average Bonchev–Trinajstić information content (AvgIpc) is 3.00. The van der Waals surface area contributed by atoms with E-state index in [1.165, 1.54) is 9.80 Å². The highest BCUT2D eigenvalue weighted by Gasteiger charge is 2.41. The lowest BCUT2D eigenvalue weighted by atomic mass is 10.0. The second kappa shape index (κ2) is 11.8. The van der Waals surface area contributed by atoms with Crippen molar-refractivity contribution in [1.29, 1.82) is 0 Å². The third-order valence-electron chi connectivity index (χ3n) is 6.35. The van der Waals surface area contributed by atoms with Crippen molar-refractivity contribution < 1.29 is 23.8 Å². The second-order valence-electron chi connectivity index (χ2n) is 8.83. The van der Waals surface area contributed by atoms with Gasteiger partial charge in [0.25, 0.3) is 11.8 Å². The number of carbonyl (C=O) groups is 2. The normalized spacial score (nSPS) is 13.3. The van der Waals surface area contributed by atoms with Crippen LogP contribution in [0.4, 0.5) is 11.4 Å². The van der Waals surface area contributed by atoms with E-state index >= 15 is 0 Å². The van der Waals surface area contributed by atoms with E-state index in [2.05, 4.69) is 0 Å². The summed E-state index contributed by atoms with van der Waals surface area (Å²) in [6.45, 7) is 0.271. The van der Waals surface area contributed by atoms with Crippen LogP contribution in [0.3, 0.4) is 0 Å². The lowest BCUT2D eigenvalue weighted by Crippen LogP contribution is -2.56. The van der Waals surface area contributed by atoms with Gasteiger partial charge in [0.15, 0.2) is 5.11 Å². The van der Waals surface area contributed by atoms with Gasteiger partial charge in [0.2, 0.25) is 0 Å². The van der Waals surface area contributed by atoms with Gasteiger partial charge in [-0.1, -0.05) is 48.5 Å². The fraction of sp³-hybridized carbons (Fsp3) is 0.0938. The zero-order chi connectivity index (χ0) is 28.1. The van der Waals surface area contributed by atoms with E-state index in [9.17, 15) is 9.59 Å². The van der Waals surface area contributed by atoms with Gasteiger partial charge in [0, 0.05) is 5.56 Å². The summed E-state index contributed by atoms with van der Waals surface area (Å²) in [6, 6.07) is 30.8. The number of para-hydroxylation sites is 2. The minimum Gasteiger partial charge on any atom is -0.497 e. The van der Waals surface area contributed by atoms with Gasteiger partial charge >= 0.3 is 0 Å². The minimum atomic E-state index is -0.487. The molecule has 1 aliphatic heterocycles. The molecule has 0 aliphatic carbocycles. The molecule has 1 aliphatic rings. The van der Waals surface area contributed by atoms with Crippen molar-refractivity contribution in [3.63, 3.8) is 0 Å². The van der Waals surface area contributed by atoms with Crippen LogP contribution in [0.2, 0.25) is 0 Å². The predicted molar refractivity (Wildman–Crippen MR) is 159 cm³/mol. The zero-order valence-electron chi connectivity index (χ0n) is 21.9. The third kappa shape index (κ3) is 5.43. The van der Waals surface area contributed by atoms with Gasteiger partial charge < -0.3 is 14.2 Å². The van der Waals surface area contributed by atoms with Crippen LogP contribution in [0.1, 0.15) is 11.1 Å². The third-order valence-corrected chi connectivity index (χ3v) is 6.72. The van der Waals surface area contributed by atoms with Crippen LogP contribution < -0.4 is 24.0 Å². The van der Waals surface area contributed by atoms with Crippen LogP contribution in [0, 0.1) is 0 Å². The number of carbonyl (C=O) groups excluding carboxylic acids is 2. The van der Waals surface area contributed by atoms with E-state index in [-0.39, 0.29) is 17.3 Å². The molecule has 0 bridgehead atoms. The number of rotatable bonds is 8. The standard InChI is InChI=1S/C32H26N2O5S/c1-37-27-17-18-29(38-2)23(20-27)21-39-26-15-13-22(14-16-26)19-28-30(35)33(24-9-5-3-6-10-24)32(40)34(31(28)36)25-11-7-4-8-12-25/h3-20H,21H2,1-2H3. The Hall–Kier alpha value is -4.95. The van der Waals surface area contributed by atoms with Gasteiger partial charge in [-0.05, 0) is 78.5 Å². The molecule has 0 N–H and O–H groups in total. The monoisotopic (exact) mass is 550 g/mol. The minimum absolute atomic E-state index is 0.00362. The fourth-order valence-electron chi connectivity index (χ4n) is 4.32. The maximum absolute atomic E-state index is 13.6. The van der Waals surface area contributed by atoms with Crippen molar-refractivity contribution in [3.8, 4) is 17.2 Å². The van der Waals surface area contributed by atoms with Crippen LogP contribution >= 0.6 is 12.2 Å². The van der Waals surface area contributed by atoms with E-state index in [4.69, 9.17) is 26.4 Å². The average molecular weight is 551 g/mol. The molecule has 0 saturated carbocycles. The van der Waals surface area contributed by atoms with Gasteiger partial charge in [-0.3, -0.25) is 19.4 Å². The number of thiocarbonyl (C=S) groups is 1. The Balaban J connectivity index is 1.43. The van der Waals surface area contributed by atoms with E-state index < -0.39 is 11.8 Å². The largest absolute Gasteiger partial charge is 0.497 e. The highest BCUT2D eigenvalue weighted by molar-refractivity contribution is 7.81. The van der Waals surface area contributed by atoms with Crippen molar-refractivity contribution >= 4 is 46.6 Å². The molecular weight excluding hydrogens is 524 g/mol. The summed E-state index contributed by atoms with van der Waals surface area (Å²) in [7, 11) is 3.21. The lowest BCUT2D eigenvalue weighted by Gasteiger charge is -2.36. The first kappa shape index (κ1) is 26.6. The van der Waals surface area contributed by atoms with Crippen LogP contribution in [0.15, 0.2) is 109 Å². The van der Waals surface area contributed by atoms with Crippen molar-refractivity contribution in [3.05, 3.63) is 120 Å². The number of nitrogens with zero attached hydrogens (tertiary/aromatic N) is 2. The summed E-state index contributed by atoms with van der Waals surface area (Å²) in [5.41, 5.74) is 2.65. The Kier molecular flexibility index (Phi) is 7.89. The number of amides is 2. The molecule has 4 aromatic carbocycles. The molecule has 5 rings (SSSR count). The Morgan fingerprint density at radius 1 is 0.700 bits per heavy atom. The SMILES string of the molecule is COc1ccc(OC)c(COc2ccc(C=C3C(=O)N(c4ccccc4)C(=S)N(c4ccccc4)C3=O)cc2)c1. The molecule has 40 heavy (non-hydrogen) atoms. The summed E-state index contributed by atoms with van der Waals surface area (Å²) >= 11 is 5.65. The number of methoxy groups -OCH3 is 2. The molecule has 1 fully saturated rings. The molecule has 0 spiro atoms. The summed E-state index contributed by atoms with van der Waals surface area (Å²) in [5, 5.41) is 0.0984. The zero-order valence-corrected chi connectivity index (χ0v) is 22.8. The van der Waals surface area contributed by atoms with E-state index in [0.717, 1.165) is 5.56 Å². The molecule has 0 radical (unpaired) electrons. The number of hydrogen-bond acceptors (Lipinski definition) is 6. The van der Waals surface area contributed by atoms with E-state index in [1.807, 2.05) is 54.6 Å². The first-order valence-electron chi connectivity index (χ1n) is 12.5. The van der Waals surface area contributed by atoms with Gasteiger partial charge in [-0.2, -0.15) is 0 Å². The molecule has 0 aromatic heterocycles. The molecule has 0 unspecified atom stereocenters. The number of benzene rings is 4. The molecule has 7 nitrogen and oxygen atoms in total. The van der Waals surface area contributed by atoms with Gasteiger partial charge in [-0.15, -0.1) is 0 Å². The summed E-state index contributed by atoms with van der Waals surface area (Å²) in [4.78, 5) is 30.1. The number of hydrogen-bond donors (Lipinski definition) is 0. The van der Waals surface area contributed by atoms with Crippen molar-refractivity contribution in [2.75, 3.05) is 24.0 Å². The quantitative estimate of drug-likeness (QED) is 0.152. The Morgan fingerprint density at radius 2 is 1.25 bits per heavy atom. The molecule has 200 valence electrons. The van der Waals surface area contributed by atoms with E-state index in [0.29, 0.717) is 34.2 Å². The highest BCUT2D eigenvalue weighted by atomic mass is 32.1. The van der Waals surface area contributed by atoms with Gasteiger partial charge in [0.1, 0.15) is 29.4 Å². The predicted octanol–water partition coefficient (Wildman–Crippen LogP) is 6.03. The number of ether oxygens (including phenoxy) is 3. The first-order chi connectivity index (χ1) is 19.5. The Labute approximate surface area is 237 Å². The maximum atomic E-state index is 13.6. The summed E-state index contributed by atoms with van der Waals surface area (Å²) in [6.07, 6.45) is 1.58. The molecule has 8 heteroatoms. The van der Waals surface area contributed by atoms with Gasteiger partial charge in [-0.25, -0.2) is 0 Å². The summed E-state index contributed by atoms with van der Waals surface area (Å²) in [5.74, 6) is 1.04. The summed E-state index contributed by atoms with van der Waals surface area (Å²) < 4.78 is 16.7.